The lowest BCUT2D eigenvalue weighted by Crippen LogP contribution is -2.35. The van der Waals surface area contributed by atoms with Crippen LogP contribution in [-0.2, 0) is 9.59 Å². The van der Waals surface area contributed by atoms with E-state index in [0.717, 1.165) is 25.7 Å². The summed E-state index contributed by atoms with van der Waals surface area (Å²) in [7, 11) is 0. The molecule has 5 heteroatoms. The number of carbonyl (C=O) groups is 2. The van der Waals surface area contributed by atoms with Crippen LogP contribution >= 0.6 is 0 Å². The van der Waals surface area contributed by atoms with Gasteiger partial charge in [0.1, 0.15) is 5.75 Å². The summed E-state index contributed by atoms with van der Waals surface area (Å²) in [5, 5.41) is 5.82. The molecule has 0 saturated heterocycles. The first-order valence-corrected chi connectivity index (χ1v) is 8.96. The largest absolute Gasteiger partial charge is 0.489 e. The minimum atomic E-state index is -0.0597. The van der Waals surface area contributed by atoms with E-state index in [0.29, 0.717) is 18.0 Å². The van der Waals surface area contributed by atoms with Crippen LogP contribution in [0, 0.1) is 11.8 Å². The average Bonchev–Trinajstić information content (AvgIpc) is 2.61. The molecule has 0 heterocycles. The highest BCUT2D eigenvalue weighted by Crippen LogP contribution is 2.31. The Morgan fingerprint density at radius 1 is 1.16 bits per heavy atom. The third-order valence-corrected chi connectivity index (χ3v) is 4.40. The van der Waals surface area contributed by atoms with Crippen molar-refractivity contribution in [2.24, 2.45) is 11.8 Å². The first kappa shape index (κ1) is 19.0. The van der Waals surface area contributed by atoms with Gasteiger partial charge in [0, 0.05) is 18.4 Å². The van der Waals surface area contributed by atoms with Gasteiger partial charge in [-0.25, -0.2) is 0 Å². The molecule has 25 heavy (non-hydrogen) atoms. The van der Waals surface area contributed by atoms with Crippen LogP contribution in [0.25, 0.3) is 0 Å². The highest BCUT2D eigenvalue weighted by Gasteiger charge is 2.30. The van der Waals surface area contributed by atoms with E-state index in [2.05, 4.69) is 17.2 Å². The minimum Gasteiger partial charge on any atom is -0.489 e. The smallest absolute Gasteiger partial charge is 0.227 e. The molecule has 1 saturated carbocycles. The summed E-state index contributed by atoms with van der Waals surface area (Å²) in [6, 6.07) is 7.48. The molecule has 2 rings (SSSR count). The molecule has 2 N–H and O–H groups in total. The van der Waals surface area contributed by atoms with Gasteiger partial charge in [-0.3, -0.25) is 9.59 Å². The molecule has 1 aliphatic carbocycles. The van der Waals surface area contributed by atoms with E-state index < -0.39 is 0 Å². The fraction of sp³-hybridized carbons (Fsp3) is 0.500. The SMILES string of the molecule is C=CCNC(=O)C1CCC(C(=O)Nc2ccccc2OC(C)C)CC1. The molecule has 0 radical (unpaired) electrons. The van der Waals surface area contributed by atoms with Crippen LogP contribution in [0.3, 0.4) is 0 Å². The van der Waals surface area contributed by atoms with Crippen LogP contribution in [-0.4, -0.2) is 24.5 Å². The average molecular weight is 344 g/mol. The van der Waals surface area contributed by atoms with Crippen molar-refractivity contribution in [2.75, 3.05) is 11.9 Å². The standard InChI is InChI=1S/C20H28N2O3/c1-4-13-21-19(23)15-9-11-16(12-10-15)20(24)22-17-7-5-6-8-18(17)25-14(2)3/h4-8,14-16H,1,9-13H2,2-3H3,(H,21,23)(H,22,24). The maximum atomic E-state index is 12.6. The Morgan fingerprint density at radius 3 is 2.36 bits per heavy atom. The number of hydrogen-bond acceptors (Lipinski definition) is 3. The Morgan fingerprint density at radius 2 is 1.76 bits per heavy atom. The predicted octanol–water partition coefficient (Wildman–Crippen LogP) is 3.52. The summed E-state index contributed by atoms with van der Waals surface area (Å²) in [6.45, 7) is 8.00. The third-order valence-electron chi connectivity index (χ3n) is 4.40. The Kier molecular flexibility index (Phi) is 7.04. The molecule has 0 aliphatic heterocycles. The highest BCUT2D eigenvalue weighted by atomic mass is 16.5. The minimum absolute atomic E-state index is 0.000519. The molecular formula is C20H28N2O3. The number of benzene rings is 1. The molecule has 0 atom stereocenters. The molecule has 2 amide bonds. The predicted molar refractivity (Wildman–Crippen MR) is 99.5 cm³/mol. The summed E-state index contributed by atoms with van der Waals surface area (Å²) in [5.41, 5.74) is 0.701. The monoisotopic (exact) mass is 344 g/mol. The second kappa shape index (κ2) is 9.25. The van der Waals surface area contributed by atoms with E-state index in [9.17, 15) is 9.59 Å². The maximum absolute atomic E-state index is 12.6. The first-order chi connectivity index (χ1) is 12.0. The molecular weight excluding hydrogens is 316 g/mol. The normalized spacial score (nSPS) is 20.0. The number of nitrogens with one attached hydrogen (secondary N) is 2. The van der Waals surface area contributed by atoms with Gasteiger partial charge in [-0.05, 0) is 51.7 Å². The van der Waals surface area contributed by atoms with Gasteiger partial charge in [0.15, 0.2) is 0 Å². The van der Waals surface area contributed by atoms with E-state index in [4.69, 9.17) is 4.74 Å². The van der Waals surface area contributed by atoms with E-state index in [-0.39, 0.29) is 29.8 Å². The zero-order valence-corrected chi connectivity index (χ0v) is 15.1. The highest BCUT2D eigenvalue weighted by molar-refractivity contribution is 5.94. The molecule has 0 bridgehead atoms. The van der Waals surface area contributed by atoms with Gasteiger partial charge in [0.2, 0.25) is 11.8 Å². The number of ether oxygens (including phenoxy) is 1. The fourth-order valence-corrected chi connectivity index (χ4v) is 3.10. The first-order valence-electron chi connectivity index (χ1n) is 8.96. The lowest BCUT2D eigenvalue weighted by molar-refractivity contribution is -0.128. The molecule has 5 nitrogen and oxygen atoms in total. The number of hydrogen-bond donors (Lipinski definition) is 2. The van der Waals surface area contributed by atoms with Crippen molar-refractivity contribution in [2.45, 2.75) is 45.6 Å². The molecule has 0 aromatic heterocycles. The van der Waals surface area contributed by atoms with Crippen molar-refractivity contribution in [3.63, 3.8) is 0 Å². The maximum Gasteiger partial charge on any atom is 0.227 e. The molecule has 1 fully saturated rings. The molecule has 0 spiro atoms. The van der Waals surface area contributed by atoms with Gasteiger partial charge in [0.05, 0.1) is 11.8 Å². The number of anilines is 1. The van der Waals surface area contributed by atoms with Crippen LogP contribution < -0.4 is 15.4 Å². The van der Waals surface area contributed by atoms with Crippen molar-refractivity contribution in [1.29, 1.82) is 0 Å². The van der Waals surface area contributed by atoms with Gasteiger partial charge in [-0.1, -0.05) is 18.2 Å². The molecule has 136 valence electrons. The van der Waals surface area contributed by atoms with Crippen LogP contribution in [0.2, 0.25) is 0 Å². The van der Waals surface area contributed by atoms with Crippen molar-refractivity contribution >= 4 is 17.5 Å². The Hall–Kier alpha value is -2.30. The number of amides is 2. The van der Waals surface area contributed by atoms with Gasteiger partial charge in [-0.2, -0.15) is 0 Å². The number of carbonyl (C=O) groups excluding carboxylic acids is 2. The number of rotatable bonds is 7. The van der Waals surface area contributed by atoms with Crippen molar-refractivity contribution in [3.05, 3.63) is 36.9 Å². The lowest BCUT2D eigenvalue weighted by atomic mass is 9.81. The zero-order valence-electron chi connectivity index (χ0n) is 15.1. The van der Waals surface area contributed by atoms with Crippen LogP contribution in [0.5, 0.6) is 5.75 Å². The zero-order chi connectivity index (χ0) is 18.2. The van der Waals surface area contributed by atoms with E-state index in [1.807, 2.05) is 38.1 Å². The quantitative estimate of drug-likeness (QED) is 0.744. The third kappa shape index (κ3) is 5.62. The fourth-order valence-electron chi connectivity index (χ4n) is 3.10. The van der Waals surface area contributed by atoms with Crippen LogP contribution in [0.1, 0.15) is 39.5 Å². The summed E-state index contributed by atoms with van der Waals surface area (Å²) >= 11 is 0. The summed E-state index contributed by atoms with van der Waals surface area (Å²) in [6.07, 6.45) is 4.66. The molecule has 1 aromatic rings. The topological polar surface area (TPSA) is 67.4 Å². The van der Waals surface area contributed by atoms with E-state index in [1.165, 1.54) is 0 Å². The second-order valence-corrected chi connectivity index (χ2v) is 6.73. The second-order valence-electron chi connectivity index (χ2n) is 6.73. The summed E-state index contributed by atoms with van der Waals surface area (Å²) in [5.74, 6) is 0.693. The molecule has 1 aliphatic rings. The van der Waals surface area contributed by atoms with Crippen molar-refractivity contribution in [1.82, 2.24) is 5.32 Å². The lowest BCUT2D eigenvalue weighted by Gasteiger charge is -2.27. The Balaban J connectivity index is 1.89. The van der Waals surface area contributed by atoms with Crippen LogP contribution in [0.15, 0.2) is 36.9 Å². The Bertz CT molecular complexity index is 605. The molecule has 0 unspecified atom stereocenters. The van der Waals surface area contributed by atoms with E-state index >= 15 is 0 Å². The van der Waals surface area contributed by atoms with Gasteiger partial charge >= 0.3 is 0 Å². The summed E-state index contributed by atoms with van der Waals surface area (Å²) < 4.78 is 5.74. The van der Waals surface area contributed by atoms with Gasteiger partial charge in [0.25, 0.3) is 0 Å². The molecule has 1 aromatic carbocycles. The Labute approximate surface area is 149 Å². The summed E-state index contributed by atoms with van der Waals surface area (Å²) in [4.78, 5) is 24.6. The van der Waals surface area contributed by atoms with Gasteiger partial charge in [-0.15, -0.1) is 6.58 Å². The van der Waals surface area contributed by atoms with E-state index in [1.54, 1.807) is 6.08 Å². The van der Waals surface area contributed by atoms with Crippen molar-refractivity contribution < 1.29 is 14.3 Å². The van der Waals surface area contributed by atoms with Crippen LogP contribution in [0.4, 0.5) is 5.69 Å². The van der Waals surface area contributed by atoms with Crippen molar-refractivity contribution in [3.8, 4) is 5.75 Å². The number of para-hydroxylation sites is 2. The van der Waals surface area contributed by atoms with Gasteiger partial charge < -0.3 is 15.4 Å².